The molecule has 0 radical (unpaired) electrons. The van der Waals surface area contributed by atoms with Gasteiger partial charge in [0.2, 0.25) is 0 Å². The SMILES string of the molecule is O=C(c1cccc(OC(F)F)c1)N1CCN(Cc2ccccc2Cl)CC1. The van der Waals surface area contributed by atoms with Gasteiger partial charge in [-0.15, -0.1) is 0 Å². The number of carbonyl (C=O) groups excluding carboxylic acids is 1. The summed E-state index contributed by atoms with van der Waals surface area (Å²) < 4.78 is 29.0. The molecule has 1 amide bonds. The first-order valence-corrected chi connectivity index (χ1v) is 8.70. The third kappa shape index (κ3) is 4.71. The van der Waals surface area contributed by atoms with Crippen LogP contribution >= 0.6 is 11.6 Å². The molecular weight excluding hydrogens is 362 g/mol. The summed E-state index contributed by atoms with van der Waals surface area (Å²) in [5, 5.41) is 0.738. The molecular formula is C19H19ClF2N2O2. The molecule has 0 N–H and O–H groups in total. The zero-order valence-electron chi connectivity index (χ0n) is 14.1. The molecule has 138 valence electrons. The maximum atomic E-state index is 12.6. The van der Waals surface area contributed by atoms with Gasteiger partial charge in [0.15, 0.2) is 0 Å². The van der Waals surface area contributed by atoms with E-state index in [0.29, 0.717) is 18.7 Å². The number of hydrogen-bond donors (Lipinski definition) is 0. The van der Waals surface area contributed by atoms with Gasteiger partial charge < -0.3 is 9.64 Å². The van der Waals surface area contributed by atoms with E-state index in [1.54, 1.807) is 17.0 Å². The zero-order valence-corrected chi connectivity index (χ0v) is 14.8. The van der Waals surface area contributed by atoms with E-state index in [9.17, 15) is 13.6 Å². The Hall–Kier alpha value is -2.18. The van der Waals surface area contributed by atoms with E-state index in [2.05, 4.69) is 9.64 Å². The molecule has 0 bridgehead atoms. The summed E-state index contributed by atoms with van der Waals surface area (Å²) in [4.78, 5) is 16.6. The van der Waals surface area contributed by atoms with Crippen molar-refractivity contribution in [3.8, 4) is 5.75 Å². The van der Waals surface area contributed by atoms with E-state index < -0.39 is 6.61 Å². The molecule has 2 aromatic rings. The maximum Gasteiger partial charge on any atom is 0.387 e. The van der Waals surface area contributed by atoms with Gasteiger partial charge in [0.05, 0.1) is 0 Å². The smallest absolute Gasteiger partial charge is 0.387 e. The molecule has 0 spiro atoms. The third-order valence-electron chi connectivity index (χ3n) is 4.32. The van der Waals surface area contributed by atoms with Gasteiger partial charge in [0.25, 0.3) is 5.91 Å². The van der Waals surface area contributed by atoms with Crippen LogP contribution in [0.4, 0.5) is 8.78 Å². The Kier molecular flexibility index (Phi) is 6.06. The highest BCUT2D eigenvalue weighted by molar-refractivity contribution is 6.31. The maximum absolute atomic E-state index is 12.6. The lowest BCUT2D eigenvalue weighted by atomic mass is 10.1. The van der Waals surface area contributed by atoms with Crippen molar-refractivity contribution < 1.29 is 18.3 Å². The summed E-state index contributed by atoms with van der Waals surface area (Å²) in [5.74, 6) is -0.190. The number of ether oxygens (including phenoxy) is 1. The van der Waals surface area contributed by atoms with Crippen LogP contribution < -0.4 is 4.74 Å². The molecule has 4 nitrogen and oxygen atoms in total. The molecule has 1 heterocycles. The van der Waals surface area contributed by atoms with Gasteiger partial charge in [0, 0.05) is 43.3 Å². The van der Waals surface area contributed by atoms with Crippen LogP contribution in [0.5, 0.6) is 5.75 Å². The monoisotopic (exact) mass is 380 g/mol. The summed E-state index contributed by atoms with van der Waals surface area (Å²) in [6.45, 7) is 0.425. The lowest BCUT2D eigenvalue weighted by molar-refractivity contribution is -0.0499. The number of carbonyl (C=O) groups is 1. The Morgan fingerprint density at radius 3 is 2.50 bits per heavy atom. The normalized spacial score (nSPS) is 15.3. The van der Waals surface area contributed by atoms with Gasteiger partial charge in [-0.25, -0.2) is 0 Å². The summed E-state index contributed by atoms with van der Waals surface area (Å²) in [7, 11) is 0. The first-order chi connectivity index (χ1) is 12.5. The summed E-state index contributed by atoms with van der Waals surface area (Å²) in [6.07, 6.45) is 0. The van der Waals surface area contributed by atoms with Crippen molar-refractivity contribution in [1.29, 1.82) is 0 Å². The summed E-state index contributed by atoms with van der Waals surface area (Å²) >= 11 is 6.20. The standard InChI is InChI=1S/C19H19ClF2N2O2/c20-17-7-2-1-4-15(17)13-23-8-10-24(11-9-23)18(25)14-5-3-6-16(12-14)26-19(21)22/h1-7,12,19H,8-11,13H2. The molecule has 1 fully saturated rings. The molecule has 0 unspecified atom stereocenters. The van der Waals surface area contributed by atoms with Crippen molar-refractivity contribution in [3.05, 3.63) is 64.7 Å². The summed E-state index contributed by atoms with van der Waals surface area (Å²) in [6, 6.07) is 13.6. The number of nitrogens with zero attached hydrogens (tertiary/aromatic N) is 2. The van der Waals surface area contributed by atoms with E-state index in [-0.39, 0.29) is 11.7 Å². The van der Waals surface area contributed by atoms with Crippen LogP contribution in [0.3, 0.4) is 0 Å². The zero-order chi connectivity index (χ0) is 18.5. The fourth-order valence-corrected chi connectivity index (χ4v) is 3.16. The van der Waals surface area contributed by atoms with Gasteiger partial charge in [-0.3, -0.25) is 9.69 Å². The number of hydrogen-bond acceptors (Lipinski definition) is 3. The fraction of sp³-hybridized carbons (Fsp3) is 0.316. The van der Waals surface area contributed by atoms with Crippen molar-refractivity contribution in [3.63, 3.8) is 0 Å². The highest BCUT2D eigenvalue weighted by Crippen LogP contribution is 2.20. The minimum absolute atomic E-state index is 0.0109. The molecule has 0 atom stereocenters. The van der Waals surface area contributed by atoms with Crippen LogP contribution in [0.15, 0.2) is 48.5 Å². The third-order valence-corrected chi connectivity index (χ3v) is 4.69. The molecule has 1 saturated heterocycles. The van der Waals surface area contributed by atoms with E-state index in [4.69, 9.17) is 11.6 Å². The molecule has 7 heteroatoms. The van der Waals surface area contributed by atoms with Gasteiger partial charge in [0.1, 0.15) is 5.75 Å². The topological polar surface area (TPSA) is 32.8 Å². The molecule has 0 aliphatic carbocycles. The molecule has 0 aromatic heterocycles. The van der Waals surface area contributed by atoms with Crippen molar-refractivity contribution in [1.82, 2.24) is 9.80 Å². The number of piperazine rings is 1. The Labute approximate surface area is 155 Å². The minimum atomic E-state index is -2.91. The average molecular weight is 381 g/mol. The highest BCUT2D eigenvalue weighted by Gasteiger charge is 2.23. The van der Waals surface area contributed by atoms with E-state index in [1.807, 2.05) is 24.3 Å². The van der Waals surface area contributed by atoms with Crippen LogP contribution in [0, 0.1) is 0 Å². The predicted octanol–water partition coefficient (Wildman–Crippen LogP) is 3.90. The Morgan fingerprint density at radius 2 is 1.81 bits per heavy atom. The lowest BCUT2D eigenvalue weighted by Crippen LogP contribution is -2.48. The van der Waals surface area contributed by atoms with Crippen LogP contribution in [0.1, 0.15) is 15.9 Å². The Bertz CT molecular complexity index is 765. The quantitative estimate of drug-likeness (QED) is 0.788. The first-order valence-electron chi connectivity index (χ1n) is 8.33. The van der Waals surface area contributed by atoms with Crippen molar-refractivity contribution in [2.75, 3.05) is 26.2 Å². The molecule has 0 saturated carbocycles. The van der Waals surface area contributed by atoms with Gasteiger partial charge in [-0.2, -0.15) is 8.78 Å². The van der Waals surface area contributed by atoms with E-state index >= 15 is 0 Å². The summed E-state index contributed by atoms with van der Waals surface area (Å²) in [5.41, 5.74) is 1.41. The van der Waals surface area contributed by atoms with Crippen molar-refractivity contribution in [2.45, 2.75) is 13.2 Å². The minimum Gasteiger partial charge on any atom is -0.435 e. The number of amides is 1. The molecule has 1 aliphatic rings. The number of rotatable bonds is 5. The highest BCUT2D eigenvalue weighted by atomic mass is 35.5. The fourth-order valence-electron chi connectivity index (χ4n) is 2.96. The van der Waals surface area contributed by atoms with Crippen molar-refractivity contribution >= 4 is 17.5 Å². The van der Waals surface area contributed by atoms with E-state index in [1.165, 1.54) is 12.1 Å². The van der Waals surface area contributed by atoms with E-state index in [0.717, 1.165) is 30.2 Å². The predicted molar refractivity (Wildman–Crippen MR) is 95.7 cm³/mol. The second-order valence-electron chi connectivity index (χ2n) is 6.07. The van der Waals surface area contributed by atoms with Crippen molar-refractivity contribution in [2.24, 2.45) is 0 Å². The van der Waals surface area contributed by atoms with Gasteiger partial charge in [-0.1, -0.05) is 35.9 Å². The second kappa shape index (κ2) is 8.47. The number of benzene rings is 2. The van der Waals surface area contributed by atoms with Gasteiger partial charge >= 0.3 is 6.61 Å². The average Bonchev–Trinajstić information content (AvgIpc) is 2.63. The largest absolute Gasteiger partial charge is 0.435 e. The van der Waals surface area contributed by atoms with Crippen LogP contribution in [-0.4, -0.2) is 48.5 Å². The number of halogens is 3. The molecule has 26 heavy (non-hydrogen) atoms. The lowest BCUT2D eigenvalue weighted by Gasteiger charge is -2.35. The first kappa shape index (κ1) is 18.6. The molecule has 3 rings (SSSR count). The second-order valence-corrected chi connectivity index (χ2v) is 6.47. The Morgan fingerprint density at radius 1 is 1.08 bits per heavy atom. The van der Waals surface area contributed by atoms with Crippen LogP contribution in [0.2, 0.25) is 5.02 Å². The van der Waals surface area contributed by atoms with Crippen LogP contribution in [0.25, 0.3) is 0 Å². The van der Waals surface area contributed by atoms with Crippen LogP contribution in [-0.2, 0) is 6.54 Å². The van der Waals surface area contributed by atoms with Gasteiger partial charge in [-0.05, 0) is 29.8 Å². The number of alkyl halides is 2. The molecule has 1 aliphatic heterocycles. The molecule has 2 aromatic carbocycles. The Balaban J connectivity index is 1.58.